The number of rotatable bonds is 2. The van der Waals surface area contributed by atoms with E-state index in [2.05, 4.69) is 15.9 Å². The minimum absolute atomic E-state index is 0.197. The fourth-order valence-corrected chi connectivity index (χ4v) is 2.88. The number of halogens is 3. The van der Waals surface area contributed by atoms with Crippen LogP contribution >= 0.6 is 50.5 Å². The molecule has 15 heavy (non-hydrogen) atoms. The highest BCUT2D eigenvalue weighted by molar-refractivity contribution is 9.10. The van der Waals surface area contributed by atoms with Gasteiger partial charge in [0, 0.05) is 6.07 Å². The molecule has 0 amide bonds. The molecular weight excluding hydrogens is 323 g/mol. The van der Waals surface area contributed by atoms with Gasteiger partial charge in [0.05, 0.1) is 15.5 Å². The van der Waals surface area contributed by atoms with Crippen molar-refractivity contribution in [1.29, 1.82) is 0 Å². The molecule has 0 aliphatic carbocycles. The number of thiophene rings is 1. The van der Waals surface area contributed by atoms with Crippen LogP contribution in [0.25, 0.3) is 0 Å². The van der Waals surface area contributed by atoms with Gasteiger partial charge in [0.2, 0.25) is 0 Å². The second-order valence-corrected chi connectivity index (χ2v) is 5.77. The molecule has 6 heteroatoms. The predicted octanol–water partition coefficient (Wildman–Crippen LogP) is 4.64. The monoisotopic (exact) mass is 324 g/mol. The maximum atomic E-state index is 11.9. The minimum Gasteiger partial charge on any atom is -0.457 e. The first-order chi connectivity index (χ1) is 7.08. The molecule has 0 N–H and O–H groups in total. The first-order valence-corrected chi connectivity index (χ1v) is 6.18. The summed E-state index contributed by atoms with van der Waals surface area (Å²) in [7, 11) is 0. The molecule has 2 aromatic rings. The number of hydrogen-bond donors (Lipinski definition) is 0. The van der Waals surface area contributed by atoms with Gasteiger partial charge in [-0.15, -0.1) is 11.3 Å². The van der Waals surface area contributed by atoms with Gasteiger partial charge >= 0.3 is 0 Å². The van der Waals surface area contributed by atoms with E-state index < -0.39 is 0 Å². The zero-order valence-electron chi connectivity index (χ0n) is 7.09. The van der Waals surface area contributed by atoms with Gasteiger partial charge in [-0.25, -0.2) is 0 Å². The van der Waals surface area contributed by atoms with Crippen LogP contribution in [0.15, 0.2) is 27.5 Å². The third-order valence-corrected chi connectivity index (χ3v) is 3.63. The van der Waals surface area contributed by atoms with Gasteiger partial charge in [0.15, 0.2) is 10.5 Å². The summed E-state index contributed by atoms with van der Waals surface area (Å²) in [5, 5.41) is 0. The Morgan fingerprint density at radius 1 is 1.40 bits per heavy atom. The molecule has 0 saturated heterocycles. The molecule has 0 aliphatic heterocycles. The molecule has 78 valence electrons. The molecule has 0 saturated carbocycles. The van der Waals surface area contributed by atoms with Crippen molar-refractivity contribution in [2.24, 2.45) is 0 Å². The topological polar surface area (TPSA) is 30.2 Å². The molecule has 0 aliphatic rings. The predicted molar refractivity (Wildman–Crippen MR) is 64.2 cm³/mol. The summed E-state index contributed by atoms with van der Waals surface area (Å²) in [4.78, 5) is 11.9. The summed E-state index contributed by atoms with van der Waals surface area (Å²) in [6.07, 6.45) is 1.37. The fourth-order valence-electron chi connectivity index (χ4n) is 1.08. The third-order valence-electron chi connectivity index (χ3n) is 1.73. The molecule has 0 atom stereocenters. The summed E-state index contributed by atoms with van der Waals surface area (Å²) >= 11 is 15.9. The Morgan fingerprint density at radius 3 is 2.60 bits per heavy atom. The summed E-state index contributed by atoms with van der Waals surface area (Å²) in [5.74, 6) is -0.197. The quantitative estimate of drug-likeness (QED) is 0.753. The molecule has 2 heterocycles. The van der Waals surface area contributed by atoms with E-state index in [1.165, 1.54) is 17.6 Å². The number of carbonyl (C=O) groups is 1. The van der Waals surface area contributed by atoms with Gasteiger partial charge in [-0.1, -0.05) is 23.2 Å². The van der Waals surface area contributed by atoms with Gasteiger partial charge in [0.25, 0.3) is 0 Å². The third kappa shape index (κ3) is 2.28. The van der Waals surface area contributed by atoms with Gasteiger partial charge in [-0.2, -0.15) is 0 Å². The van der Waals surface area contributed by atoms with Crippen molar-refractivity contribution in [2.45, 2.75) is 0 Å². The zero-order valence-corrected chi connectivity index (χ0v) is 11.0. The van der Waals surface area contributed by atoms with E-state index in [0.717, 1.165) is 0 Å². The van der Waals surface area contributed by atoms with Gasteiger partial charge in [0.1, 0.15) is 10.6 Å². The molecule has 0 radical (unpaired) electrons. The van der Waals surface area contributed by atoms with E-state index in [1.807, 2.05) is 0 Å². The van der Waals surface area contributed by atoms with Crippen LogP contribution in [0.4, 0.5) is 0 Å². The lowest BCUT2D eigenvalue weighted by atomic mass is 10.1. The number of furan rings is 1. The lowest BCUT2D eigenvalue weighted by Gasteiger charge is -1.92. The molecule has 2 nitrogen and oxygen atoms in total. The van der Waals surface area contributed by atoms with Crippen molar-refractivity contribution >= 4 is 56.3 Å². The first-order valence-electron chi connectivity index (χ1n) is 3.81. The van der Waals surface area contributed by atoms with Crippen molar-refractivity contribution in [1.82, 2.24) is 0 Å². The second kappa shape index (κ2) is 4.29. The van der Waals surface area contributed by atoms with Crippen molar-refractivity contribution in [3.05, 3.63) is 42.9 Å². The van der Waals surface area contributed by atoms with Crippen LogP contribution in [0.2, 0.25) is 8.67 Å². The van der Waals surface area contributed by atoms with Crippen LogP contribution in [-0.2, 0) is 0 Å². The Kier molecular flexibility index (Phi) is 3.21. The summed E-state index contributed by atoms with van der Waals surface area (Å²) in [5.41, 5.74) is 0.846. The molecular formula is C9H3BrCl2O2S. The Labute approximate surface area is 108 Å². The van der Waals surface area contributed by atoms with E-state index >= 15 is 0 Å². The Hall–Kier alpha value is -0.290. The molecule has 0 bridgehead atoms. The highest BCUT2D eigenvalue weighted by Gasteiger charge is 2.17. The van der Waals surface area contributed by atoms with E-state index in [9.17, 15) is 4.79 Å². The second-order valence-electron chi connectivity index (χ2n) is 2.71. The molecule has 0 spiro atoms. The standard InChI is InChI=1S/C9H3BrCl2O2S/c10-6-1-4(3-14-6)8(13)5-2-7(11)15-9(5)12/h1-3H. The number of ketones is 1. The lowest BCUT2D eigenvalue weighted by Crippen LogP contribution is -1.97. The Balaban J connectivity index is 2.40. The molecule has 0 aromatic carbocycles. The smallest absolute Gasteiger partial charge is 0.198 e. The van der Waals surface area contributed by atoms with Gasteiger partial charge < -0.3 is 4.42 Å². The average molecular weight is 326 g/mol. The molecule has 2 rings (SSSR count). The van der Waals surface area contributed by atoms with Crippen molar-refractivity contribution in [3.8, 4) is 0 Å². The number of hydrogen-bond acceptors (Lipinski definition) is 3. The van der Waals surface area contributed by atoms with E-state index in [4.69, 9.17) is 27.6 Å². The van der Waals surface area contributed by atoms with Crippen LogP contribution in [0, 0.1) is 0 Å². The largest absolute Gasteiger partial charge is 0.457 e. The molecule has 2 aromatic heterocycles. The maximum Gasteiger partial charge on any atom is 0.198 e. The minimum atomic E-state index is -0.197. The van der Waals surface area contributed by atoms with Crippen molar-refractivity contribution in [2.75, 3.05) is 0 Å². The van der Waals surface area contributed by atoms with Crippen LogP contribution in [0.1, 0.15) is 15.9 Å². The highest BCUT2D eigenvalue weighted by atomic mass is 79.9. The van der Waals surface area contributed by atoms with Gasteiger partial charge in [-0.3, -0.25) is 4.79 Å². The summed E-state index contributed by atoms with van der Waals surface area (Å²) in [6.45, 7) is 0. The normalized spacial score (nSPS) is 10.6. The van der Waals surface area contributed by atoms with Crippen LogP contribution < -0.4 is 0 Å². The Morgan fingerprint density at radius 2 is 2.13 bits per heavy atom. The summed E-state index contributed by atoms with van der Waals surface area (Å²) in [6, 6.07) is 3.14. The number of carbonyl (C=O) groups excluding carboxylic acids is 1. The lowest BCUT2D eigenvalue weighted by molar-refractivity contribution is 0.103. The first kappa shape index (κ1) is 11.2. The van der Waals surface area contributed by atoms with Crippen molar-refractivity contribution < 1.29 is 9.21 Å². The van der Waals surface area contributed by atoms with Crippen LogP contribution in [-0.4, -0.2) is 5.78 Å². The SMILES string of the molecule is O=C(c1coc(Br)c1)c1cc(Cl)sc1Cl. The van der Waals surface area contributed by atoms with E-state index in [0.29, 0.717) is 24.5 Å². The van der Waals surface area contributed by atoms with Gasteiger partial charge in [-0.05, 0) is 22.0 Å². The van der Waals surface area contributed by atoms with Crippen molar-refractivity contribution in [3.63, 3.8) is 0 Å². The molecule has 0 unspecified atom stereocenters. The maximum absolute atomic E-state index is 11.9. The van der Waals surface area contributed by atoms with Crippen LogP contribution in [0.5, 0.6) is 0 Å². The van der Waals surface area contributed by atoms with Crippen LogP contribution in [0.3, 0.4) is 0 Å². The summed E-state index contributed by atoms with van der Waals surface area (Å²) < 4.78 is 6.36. The Bertz CT molecular complexity index is 518. The zero-order chi connectivity index (χ0) is 11.0. The average Bonchev–Trinajstić information content (AvgIpc) is 2.71. The highest BCUT2D eigenvalue weighted by Crippen LogP contribution is 2.33. The molecule has 0 fully saturated rings. The van der Waals surface area contributed by atoms with E-state index in [-0.39, 0.29) is 5.78 Å². The van der Waals surface area contributed by atoms with E-state index in [1.54, 1.807) is 12.1 Å². The fraction of sp³-hybridized carbons (Fsp3) is 0.